The van der Waals surface area contributed by atoms with Crippen LogP contribution in [0.1, 0.15) is 31.1 Å². The second kappa shape index (κ2) is 6.31. The number of nitro benzene ring substituents is 1. The number of methoxy groups -OCH3 is 1. The molecule has 0 aliphatic heterocycles. The van der Waals surface area contributed by atoms with Crippen molar-refractivity contribution in [3.63, 3.8) is 0 Å². The average Bonchev–Trinajstić information content (AvgIpc) is 2.39. The van der Waals surface area contributed by atoms with Crippen molar-refractivity contribution in [1.29, 1.82) is 0 Å². The summed E-state index contributed by atoms with van der Waals surface area (Å²) in [6.45, 7) is 6.03. The van der Waals surface area contributed by atoms with Crippen LogP contribution in [0.15, 0.2) is 12.1 Å². The SMILES string of the molecule is CCN(c1cc(C(=O)OC)c(F)cc1[N+](=O)[O-])C(C)C. The third kappa shape index (κ3) is 3.04. The average molecular weight is 284 g/mol. The number of carbonyl (C=O) groups is 1. The van der Waals surface area contributed by atoms with E-state index in [1.54, 1.807) is 4.90 Å². The first kappa shape index (κ1) is 15.9. The van der Waals surface area contributed by atoms with E-state index in [4.69, 9.17) is 0 Å². The van der Waals surface area contributed by atoms with Crippen molar-refractivity contribution in [2.24, 2.45) is 0 Å². The summed E-state index contributed by atoms with van der Waals surface area (Å²) in [7, 11) is 1.13. The Balaban J connectivity index is 3.52. The van der Waals surface area contributed by atoms with Crippen LogP contribution in [0.4, 0.5) is 15.8 Å². The Bertz CT molecular complexity index is 531. The van der Waals surface area contributed by atoms with E-state index >= 15 is 0 Å². The Morgan fingerprint density at radius 3 is 2.50 bits per heavy atom. The summed E-state index contributed by atoms with van der Waals surface area (Å²) in [5, 5.41) is 11.1. The number of nitrogens with zero attached hydrogens (tertiary/aromatic N) is 2. The fraction of sp³-hybridized carbons (Fsp3) is 0.462. The van der Waals surface area contributed by atoms with Gasteiger partial charge in [-0.2, -0.15) is 0 Å². The van der Waals surface area contributed by atoms with Crippen molar-refractivity contribution in [2.75, 3.05) is 18.6 Å². The first-order chi connectivity index (χ1) is 9.33. The fourth-order valence-electron chi connectivity index (χ4n) is 2.01. The molecule has 0 aliphatic rings. The molecule has 0 spiro atoms. The van der Waals surface area contributed by atoms with Gasteiger partial charge < -0.3 is 9.64 Å². The van der Waals surface area contributed by atoms with Crippen molar-refractivity contribution in [2.45, 2.75) is 26.8 Å². The molecule has 0 aromatic heterocycles. The normalized spacial score (nSPS) is 10.5. The lowest BCUT2D eigenvalue weighted by molar-refractivity contribution is -0.384. The number of carbonyl (C=O) groups excluding carboxylic acids is 1. The van der Waals surface area contributed by atoms with Crippen LogP contribution in [0.3, 0.4) is 0 Å². The van der Waals surface area contributed by atoms with E-state index in [9.17, 15) is 19.3 Å². The van der Waals surface area contributed by atoms with Gasteiger partial charge in [-0.3, -0.25) is 10.1 Å². The van der Waals surface area contributed by atoms with Gasteiger partial charge in [0.2, 0.25) is 0 Å². The van der Waals surface area contributed by atoms with Crippen molar-refractivity contribution in [3.8, 4) is 0 Å². The first-order valence-electron chi connectivity index (χ1n) is 6.16. The van der Waals surface area contributed by atoms with Crippen LogP contribution < -0.4 is 4.90 Å². The molecule has 6 nitrogen and oxygen atoms in total. The van der Waals surface area contributed by atoms with Crippen molar-refractivity contribution < 1.29 is 18.8 Å². The predicted octanol–water partition coefficient (Wildman–Crippen LogP) is 2.76. The molecule has 0 N–H and O–H groups in total. The number of anilines is 1. The molecule has 0 aliphatic carbocycles. The molecule has 1 aromatic carbocycles. The molecule has 0 saturated heterocycles. The highest BCUT2D eigenvalue weighted by Crippen LogP contribution is 2.32. The lowest BCUT2D eigenvalue weighted by atomic mass is 10.1. The molecular formula is C13H17FN2O4. The second-order valence-electron chi connectivity index (χ2n) is 4.45. The summed E-state index contributed by atoms with van der Waals surface area (Å²) in [5.41, 5.74) is -0.479. The van der Waals surface area contributed by atoms with Crippen LogP contribution in [0.2, 0.25) is 0 Å². The first-order valence-corrected chi connectivity index (χ1v) is 6.16. The minimum absolute atomic E-state index is 0.0327. The highest BCUT2D eigenvalue weighted by molar-refractivity contribution is 5.92. The number of ether oxygens (including phenoxy) is 1. The zero-order valence-corrected chi connectivity index (χ0v) is 11.8. The molecule has 0 radical (unpaired) electrons. The third-order valence-corrected chi connectivity index (χ3v) is 2.94. The second-order valence-corrected chi connectivity index (χ2v) is 4.45. The van der Waals surface area contributed by atoms with Gasteiger partial charge in [0.1, 0.15) is 11.5 Å². The van der Waals surface area contributed by atoms with E-state index < -0.39 is 16.7 Å². The Hall–Kier alpha value is -2.18. The van der Waals surface area contributed by atoms with Gasteiger partial charge in [-0.05, 0) is 26.8 Å². The van der Waals surface area contributed by atoms with Crippen molar-refractivity contribution in [3.05, 3.63) is 33.6 Å². The number of halogens is 1. The Labute approximate surface area is 116 Å². The highest BCUT2D eigenvalue weighted by atomic mass is 19.1. The molecule has 0 fully saturated rings. The van der Waals surface area contributed by atoms with Crippen LogP contribution in [0.25, 0.3) is 0 Å². The van der Waals surface area contributed by atoms with E-state index in [1.807, 2.05) is 20.8 Å². The van der Waals surface area contributed by atoms with Crippen molar-refractivity contribution >= 4 is 17.3 Å². The number of esters is 1. The minimum Gasteiger partial charge on any atom is -0.465 e. The van der Waals surface area contributed by atoms with E-state index in [2.05, 4.69) is 4.74 Å². The molecule has 1 rings (SSSR count). The molecule has 0 atom stereocenters. The van der Waals surface area contributed by atoms with Gasteiger partial charge in [0, 0.05) is 12.6 Å². The largest absolute Gasteiger partial charge is 0.465 e. The minimum atomic E-state index is -0.966. The van der Waals surface area contributed by atoms with Gasteiger partial charge in [0.25, 0.3) is 5.69 Å². The van der Waals surface area contributed by atoms with E-state index in [0.29, 0.717) is 6.54 Å². The smallest absolute Gasteiger partial charge is 0.340 e. The summed E-state index contributed by atoms with van der Waals surface area (Å²) < 4.78 is 18.3. The topological polar surface area (TPSA) is 72.7 Å². The molecule has 0 unspecified atom stereocenters. The van der Waals surface area contributed by atoms with Gasteiger partial charge in [0.05, 0.1) is 23.7 Å². The van der Waals surface area contributed by atoms with Gasteiger partial charge in [-0.15, -0.1) is 0 Å². The highest BCUT2D eigenvalue weighted by Gasteiger charge is 2.26. The fourth-order valence-corrected chi connectivity index (χ4v) is 2.01. The molecule has 0 amide bonds. The van der Waals surface area contributed by atoms with Crippen LogP contribution >= 0.6 is 0 Å². The summed E-state index contributed by atoms with van der Waals surface area (Å²) >= 11 is 0. The maximum absolute atomic E-state index is 13.8. The summed E-state index contributed by atoms with van der Waals surface area (Å²) in [5.74, 6) is -1.83. The number of nitro groups is 1. The van der Waals surface area contributed by atoms with Crippen LogP contribution in [-0.2, 0) is 4.74 Å². The Morgan fingerprint density at radius 1 is 1.50 bits per heavy atom. The summed E-state index contributed by atoms with van der Waals surface area (Å²) in [4.78, 5) is 23.6. The van der Waals surface area contributed by atoms with Crippen molar-refractivity contribution in [1.82, 2.24) is 0 Å². The third-order valence-electron chi connectivity index (χ3n) is 2.94. The number of rotatable bonds is 5. The quantitative estimate of drug-likeness (QED) is 0.472. The molecule has 0 heterocycles. The molecule has 20 heavy (non-hydrogen) atoms. The monoisotopic (exact) mass is 284 g/mol. The molecular weight excluding hydrogens is 267 g/mol. The number of hydrogen-bond acceptors (Lipinski definition) is 5. The molecule has 0 bridgehead atoms. The number of benzene rings is 1. The number of hydrogen-bond donors (Lipinski definition) is 0. The van der Waals surface area contributed by atoms with Gasteiger partial charge in [0.15, 0.2) is 0 Å². The van der Waals surface area contributed by atoms with Gasteiger partial charge in [-0.1, -0.05) is 0 Å². The Morgan fingerprint density at radius 2 is 2.10 bits per heavy atom. The predicted molar refractivity (Wildman–Crippen MR) is 72.5 cm³/mol. The Kier molecular flexibility index (Phi) is 5.01. The van der Waals surface area contributed by atoms with E-state index in [-0.39, 0.29) is 23.0 Å². The van der Waals surface area contributed by atoms with E-state index in [0.717, 1.165) is 13.2 Å². The zero-order valence-electron chi connectivity index (χ0n) is 11.8. The lowest BCUT2D eigenvalue weighted by Gasteiger charge is -2.27. The van der Waals surface area contributed by atoms with Gasteiger partial charge >= 0.3 is 5.97 Å². The lowest BCUT2D eigenvalue weighted by Crippen LogP contribution is -2.31. The van der Waals surface area contributed by atoms with Crippen LogP contribution in [-0.4, -0.2) is 30.6 Å². The van der Waals surface area contributed by atoms with Crippen LogP contribution in [0.5, 0.6) is 0 Å². The standard InChI is InChI=1S/C13H17FN2O4/c1-5-15(8(2)3)11-6-9(13(17)20-4)10(14)7-12(11)16(18)19/h6-8H,5H2,1-4H3. The van der Waals surface area contributed by atoms with E-state index in [1.165, 1.54) is 6.07 Å². The van der Waals surface area contributed by atoms with Gasteiger partial charge in [-0.25, -0.2) is 9.18 Å². The molecule has 7 heteroatoms. The summed E-state index contributed by atoms with van der Waals surface area (Å²) in [6.07, 6.45) is 0. The summed E-state index contributed by atoms with van der Waals surface area (Å²) in [6, 6.07) is 1.89. The maximum atomic E-state index is 13.8. The molecule has 110 valence electrons. The zero-order chi connectivity index (χ0) is 15.4. The molecule has 1 aromatic rings. The van der Waals surface area contributed by atoms with Crippen LogP contribution in [0, 0.1) is 15.9 Å². The maximum Gasteiger partial charge on any atom is 0.340 e. The molecule has 0 saturated carbocycles.